The van der Waals surface area contributed by atoms with Crippen LogP contribution in [0.5, 0.6) is 5.75 Å². The van der Waals surface area contributed by atoms with Crippen LogP contribution in [0.25, 0.3) is 0 Å². The third kappa shape index (κ3) is 3.59. The molecule has 1 atom stereocenters. The smallest absolute Gasteiger partial charge is 0.428 e. The molecular formula is C11H13F4NO. The maximum Gasteiger partial charge on any atom is 0.461 e. The van der Waals surface area contributed by atoms with E-state index in [0.29, 0.717) is 6.42 Å². The highest BCUT2D eigenvalue weighted by atomic mass is 19.3. The molecule has 0 aliphatic rings. The second-order valence-corrected chi connectivity index (χ2v) is 3.55. The molecule has 2 nitrogen and oxygen atoms in total. The third-order valence-electron chi connectivity index (χ3n) is 2.26. The number of nitrogens with two attached hydrogens (primary N) is 1. The molecule has 17 heavy (non-hydrogen) atoms. The average molecular weight is 251 g/mol. The first-order chi connectivity index (χ1) is 7.86. The second kappa shape index (κ2) is 5.35. The van der Waals surface area contributed by atoms with Gasteiger partial charge in [0.1, 0.15) is 5.75 Å². The van der Waals surface area contributed by atoms with Crippen molar-refractivity contribution in [2.75, 3.05) is 0 Å². The fraction of sp³-hybridized carbons (Fsp3) is 0.455. The van der Waals surface area contributed by atoms with E-state index in [1.807, 2.05) is 6.92 Å². The number of benzene rings is 1. The molecule has 0 aliphatic heterocycles. The molecule has 96 valence electrons. The molecular weight excluding hydrogens is 238 g/mol. The van der Waals surface area contributed by atoms with E-state index in [1.165, 1.54) is 24.3 Å². The van der Waals surface area contributed by atoms with Gasteiger partial charge < -0.3 is 10.5 Å². The van der Waals surface area contributed by atoms with Crippen LogP contribution in [-0.4, -0.2) is 12.5 Å². The first kappa shape index (κ1) is 13.8. The Bertz CT molecular complexity index is 353. The molecule has 0 bridgehead atoms. The van der Waals surface area contributed by atoms with Gasteiger partial charge in [-0.25, -0.2) is 0 Å². The standard InChI is InChI=1S/C11H13F4NO/c1-2-9(16)7-3-5-8(6-4-7)17-11(14,15)10(12)13/h3-6,9-10H,2,16H2,1H3/t9-/m0/s1. The number of rotatable bonds is 5. The van der Waals surface area contributed by atoms with Crippen LogP contribution in [0.2, 0.25) is 0 Å². The lowest BCUT2D eigenvalue weighted by molar-refractivity contribution is -0.253. The number of alkyl halides is 4. The van der Waals surface area contributed by atoms with Gasteiger partial charge in [-0.1, -0.05) is 19.1 Å². The van der Waals surface area contributed by atoms with E-state index in [9.17, 15) is 17.6 Å². The van der Waals surface area contributed by atoms with Crippen LogP contribution in [0.15, 0.2) is 24.3 Å². The molecule has 0 saturated carbocycles. The zero-order valence-corrected chi connectivity index (χ0v) is 9.17. The van der Waals surface area contributed by atoms with E-state index in [4.69, 9.17) is 5.73 Å². The monoisotopic (exact) mass is 251 g/mol. The van der Waals surface area contributed by atoms with Crippen LogP contribution in [0, 0.1) is 0 Å². The van der Waals surface area contributed by atoms with Crippen molar-refractivity contribution in [2.45, 2.75) is 31.9 Å². The maximum atomic E-state index is 12.6. The molecule has 0 aliphatic carbocycles. The number of hydrogen-bond donors (Lipinski definition) is 1. The maximum absolute atomic E-state index is 12.6. The van der Waals surface area contributed by atoms with Crippen molar-refractivity contribution in [2.24, 2.45) is 5.73 Å². The fourth-order valence-electron chi connectivity index (χ4n) is 1.22. The summed E-state index contributed by atoms with van der Waals surface area (Å²) in [5.41, 5.74) is 6.45. The summed E-state index contributed by atoms with van der Waals surface area (Å²) >= 11 is 0. The van der Waals surface area contributed by atoms with E-state index in [0.717, 1.165) is 5.56 Å². The minimum Gasteiger partial charge on any atom is -0.428 e. The third-order valence-corrected chi connectivity index (χ3v) is 2.26. The van der Waals surface area contributed by atoms with Crippen molar-refractivity contribution in [3.05, 3.63) is 29.8 Å². The van der Waals surface area contributed by atoms with Crippen LogP contribution in [0.1, 0.15) is 24.9 Å². The lowest BCUT2D eigenvalue weighted by Crippen LogP contribution is -2.33. The molecule has 0 fully saturated rings. The van der Waals surface area contributed by atoms with Crippen molar-refractivity contribution in [3.8, 4) is 5.75 Å². The van der Waals surface area contributed by atoms with Gasteiger partial charge in [-0.2, -0.15) is 17.6 Å². The molecule has 1 rings (SSSR count). The molecule has 0 unspecified atom stereocenters. The summed E-state index contributed by atoms with van der Waals surface area (Å²) < 4.78 is 52.8. The van der Waals surface area contributed by atoms with Crippen LogP contribution >= 0.6 is 0 Å². The lowest BCUT2D eigenvalue weighted by atomic mass is 10.1. The van der Waals surface area contributed by atoms with Gasteiger partial charge in [0.15, 0.2) is 0 Å². The molecule has 1 aromatic rings. The van der Waals surface area contributed by atoms with Crippen molar-refractivity contribution in [1.82, 2.24) is 0 Å². The van der Waals surface area contributed by atoms with Gasteiger partial charge in [-0.05, 0) is 24.1 Å². The average Bonchev–Trinajstić information content (AvgIpc) is 2.28. The molecule has 6 heteroatoms. The Morgan fingerprint density at radius 3 is 2.18 bits per heavy atom. The number of ether oxygens (including phenoxy) is 1. The van der Waals surface area contributed by atoms with Crippen LogP contribution in [0.3, 0.4) is 0 Å². The SMILES string of the molecule is CC[C@H](N)c1ccc(OC(F)(F)C(F)F)cc1. The van der Waals surface area contributed by atoms with Gasteiger partial charge in [0, 0.05) is 6.04 Å². The second-order valence-electron chi connectivity index (χ2n) is 3.55. The highest BCUT2D eigenvalue weighted by Crippen LogP contribution is 2.28. The van der Waals surface area contributed by atoms with E-state index >= 15 is 0 Å². The predicted molar refractivity (Wildman–Crippen MR) is 55.2 cm³/mol. The Hall–Kier alpha value is -1.30. The molecule has 0 amide bonds. The van der Waals surface area contributed by atoms with E-state index in [1.54, 1.807) is 0 Å². The molecule has 1 aromatic carbocycles. The first-order valence-electron chi connectivity index (χ1n) is 5.07. The summed E-state index contributed by atoms with van der Waals surface area (Å²) in [6.45, 7) is 1.88. The van der Waals surface area contributed by atoms with Crippen LogP contribution in [-0.2, 0) is 0 Å². The first-order valence-corrected chi connectivity index (χ1v) is 5.07. The Balaban J connectivity index is 2.75. The molecule has 0 saturated heterocycles. The Kier molecular flexibility index (Phi) is 4.34. The predicted octanol–water partition coefficient (Wildman–Crippen LogP) is 3.33. The minimum atomic E-state index is -4.48. The van der Waals surface area contributed by atoms with E-state index < -0.39 is 12.5 Å². The molecule has 0 aromatic heterocycles. The van der Waals surface area contributed by atoms with Crippen LogP contribution < -0.4 is 10.5 Å². The van der Waals surface area contributed by atoms with Crippen molar-refractivity contribution >= 4 is 0 Å². The highest BCUT2D eigenvalue weighted by molar-refractivity contribution is 5.29. The summed E-state index contributed by atoms with van der Waals surface area (Å²) in [7, 11) is 0. The van der Waals surface area contributed by atoms with E-state index in [2.05, 4.69) is 4.74 Å². The highest BCUT2D eigenvalue weighted by Gasteiger charge is 2.43. The summed E-state index contributed by atoms with van der Waals surface area (Å²) in [6, 6.07) is 5.14. The number of hydrogen-bond acceptors (Lipinski definition) is 2. The zero-order chi connectivity index (χ0) is 13.1. The summed E-state index contributed by atoms with van der Waals surface area (Å²) in [4.78, 5) is 0. The molecule has 0 heterocycles. The van der Waals surface area contributed by atoms with Crippen molar-refractivity contribution < 1.29 is 22.3 Å². The Labute approximate surface area is 96.4 Å². The van der Waals surface area contributed by atoms with E-state index in [-0.39, 0.29) is 11.8 Å². The van der Waals surface area contributed by atoms with Crippen LogP contribution in [0.4, 0.5) is 17.6 Å². The van der Waals surface area contributed by atoms with Gasteiger partial charge in [0.05, 0.1) is 0 Å². The van der Waals surface area contributed by atoms with Gasteiger partial charge in [0.2, 0.25) is 0 Å². The Morgan fingerprint density at radius 2 is 1.76 bits per heavy atom. The van der Waals surface area contributed by atoms with Crippen molar-refractivity contribution in [3.63, 3.8) is 0 Å². The normalized spacial score (nSPS) is 13.8. The summed E-state index contributed by atoms with van der Waals surface area (Å²) in [5.74, 6) is -0.317. The van der Waals surface area contributed by atoms with Gasteiger partial charge >= 0.3 is 12.5 Å². The zero-order valence-electron chi connectivity index (χ0n) is 9.17. The molecule has 0 radical (unpaired) electrons. The molecule has 0 spiro atoms. The largest absolute Gasteiger partial charge is 0.461 e. The van der Waals surface area contributed by atoms with Crippen molar-refractivity contribution in [1.29, 1.82) is 0 Å². The molecule has 2 N–H and O–H groups in total. The topological polar surface area (TPSA) is 35.2 Å². The number of halogens is 4. The van der Waals surface area contributed by atoms with Gasteiger partial charge in [0.25, 0.3) is 0 Å². The fourth-order valence-corrected chi connectivity index (χ4v) is 1.22. The Morgan fingerprint density at radius 1 is 1.24 bits per heavy atom. The summed E-state index contributed by atoms with van der Waals surface area (Å²) in [5, 5.41) is 0. The summed E-state index contributed by atoms with van der Waals surface area (Å²) in [6.07, 6.45) is -7.65. The quantitative estimate of drug-likeness (QED) is 0.814. The van der Waals surface area contributed by atoms with Gasteiger partial charge in [-0.15, -0.1) is 0 Å². The lowest BCUT2D eigenvalue weighted by Gasteiger charge is -2.17. The minimum absolute atomic E-state index is 0.209. The van der Waals surface area contributed by atoms with Gasteiger partial charge in [-0.3, -0.25) is 0 Å².